The molecule has 1 fully saturated rings. The predicted molar refractivity (Wildman–Crippen MR) is 67.8 cm³/mol. The lowest BCUT2D eigenvalue weighted by Gasteiger charge is -2.33. The Morgan fingerprint density at radius 2 is 2.41 bits per heavy atom. The van der Waals surface area contributed by atoms with E-state index in [2.05, 4.69) is 22.3 Å². The molecule has 3 atom stereocenters. The number of rotatable bonds is 4. The van der Waals surface area contributed by atoms with Crippen LogP contribution in [0.25, 0.3) is 0 Å². The number of nitrogens with one attached hydrogen (secondary N) is 1. The standard InChI is InChI=1S/C13H22N4/c1-2-10-4-3-5-11(8-10)13(17-14)12-6-7-15-9-16-12/h6-7,9-11,13,17H,2-5,8,14H2,1H3. The largest absolute Gasteiger partial charge is 0.271 e. The van der Waals surface area contributed by atoms with Crippen LogP contribution >= 0.6 is 0 Å². The summed E-state index contributed by atoms with van der Waals surface area (Å²) in [4.78, 5) is 8.28. The van der Waals surface area contributed by atoms with Crippen LogP contribution in [0, 0.1) is 11.8 Å². The molecule has 0 bridgehead atoms. The second-order valence-corrected chi connectivity index (χ2v) is 4.98. The summed E-state index contributed by atoms with van der Waals surface area (Å²) in [5, 5.41) is 0. The van der Waals surface area contributed by atoms with Crippen molar-refractivity contribution in [2.24, 2.45) is 17.7 Å². The number of aromatic nitrogens is 2. The Kier molecular flexibility index (Phi) is 4.45. The Hall–Kier alpha value is -1.00. The van der Waals surface area contributed by atoms with Crippen molar-refractivity contribution < 1.29 is 0 Å². The topological polar surface area (TPSA) is 63.8 Å². The fraction of sp³-hybridized carbons (Fsp3) is 0.692. The zero-order valence-electron chi connectivity index (χ0n) is 10.5. The van der Waals surface area contributed by atoms with E-state index in [0.29, 0.717) is 5.92 Å². The summed E-state index contributed by atoms with van der Waals surface area (Å²) >= 11 is 0. The second kappa shape index (κ2) is 6.07. The van der Waals surface area contributed by atoms with Crippen molar-refractivity contribution in [2.45, 2.75) is 45.1 Å². The lowest BCUT2D eigenvalue weighted by atomic mass is 9.76. The van der Waals surface area contributed by atoms with Crippen molar-refractivity contribution >= 4 is 0 Å². The highest BCUT2D eigenvalue weighted by atomic mass is 15.2. The van der Waals surface area contributed by atoms with Gasteiger partial charge in [-0.3, -0.25) is 11.3 Å². The first kappa shape index (κ1) is 12.5. The molecule has 0 radical (unpaired) electrons. The quantitative estimate of drug-likeness (QED) is 0.619. The lowest BCUT2D eigenvalue weighted by molar-refractivity contribution is 0.207. The molecule has 0 aliphatic heterocycles. The Morgan fingerprint density at radius 1 is 1.53 bits per heavy atom. The fourth-order valence-electron chi connectivity index (χ4n) is 2.95. The molecule has 1 heterocycles. The maximum absolute atomic E-state index is 5.71. The molecular formula is C13H22N4. The average molecular weight is 234 g/mol. The zero-order valence-corrected chi connectivity index (χ0v) is 10.5. The summed E-state index contributed by atoms with van der Waals surface area (Å²) in [7, 11) is 0. The Bertz CT molecular complexity index is 327. The number of hydrogen-bond acceptors (Lipinski definition) is 4. The Labute approximate surface area is 103 Å². The predicted octanol–water partition coefficient (Wildman–Crippen LogP) is 2.20. The van der Waals surface area contributed by atoms with Gasteiger partial charge in [0.25, 0.3) is 0 Å². The number of nitrogens with zero attached hydrogens (tertiary/aromatic N) is 2. The molecule has 1 saturated carbocycles. The maximum atomic E-state index is 5.71. The summed E-state index contributed by atoms with van der Waals surface area (Å²) in [6, 6.07) is 2.13. The van der Waals surface area contributed by atoms with E-state index in [1.807, 2.05) is 6.07 Å². The van der Waals surface area contributed by atoms with Gasteiger partial charge in [0.2, 0.25) is 0 Å². The van der Waals surface area contributed by atoms with E-state index in [9.17, 15) is 0 Å². The molecule has 4 nitrogen and oxygen atoms in total. The van der Waals surface area contributed by atoms with E-state index in [4.69, 9.17) is 5.84 Å². The van der Waals surface area contributed by atoms with Crippen LogP contribution in [0.3, 0.4) is 0 Å². The molecule has 2 rings (SSSR count). The Balaban J connectivity index is 2.08. The van der Waals surface area contributed by atoms with Crippen molar-refractivity contribution in [2.75, 3.05) is 0 Å². The molecule has 1 aromatic heterocycles. The summed E-state index contributed by atoms with van der Waals surface area (Å²) in [6.07, 6.45) is 9.84. The highest BCUT2D eigenvalue weighted by Crippen LogP contribution is 2.37. The van der Waals surface area contributed by atoms with E-state index in [1.165, 1.54) is 32.1 Å². The highest BCUT2D eigenvalue weighted by Gasteiger charge is 2.28. The maximum Gasteiger partial charge on any atom is 0.115 e. The minimum atomic E-state index is 0.173. The summed E-state index contributed by atoms with van der Waals surface area (Å²) < 4.78 is 0. The van der Waals surface area contributed by atoms with Gasteiger partial charge in [0.1, 0.15) is 6.33 Å². The van der Waals surface area contributed by atoms with Gasteiger partial charge >= 0.3 is 0 Å². The van der Waals surface area contributed by atoms with Crippen LogP contribution in [0.1, 0.15) is 50.8 Å². The van der Waals surface area contributed by atoms with Crippen LogP contribution in [0.2, 0.25) is 0 Å². The van der Waals surface area contributed by atoms with Crippen LogP contribution in [-0.4, -0.2) is 9.97 Å². The zero-order chi connectivity index (χ0) is 12.1. The van der Waals surface area contributed by atoms with Gasteiger partial charge in [0.05, 0.1) is 11.7 Å². The van der Waals surface area contributed by atoms with Crippen molar-refractivity contribution in [3.63, 3.8) is 0 Å². The van der Waals surface area contributed by atoms with E-state index in [0.717, 1.165) is 11.6 Å². The SMILES string of the molecule is CCC1CCCC(C(NN)c2ccncn2)C1. The molecule has 0 amide bonds. The third-order valence-corrected chi connectivity index (χ3v) is 3.98. The number of nitrogens with two attached hydrogens (primary N) is 1. The summed E-state index contributed by atoms with van der Waals surface area (Å²) in [6.45, 7) is 2.28. The molecule has 0 aromatic carbocycles. The summed E-state index contributed by atoms with van der Waals surface area (Å²) in [5.41, 5.74) is 3.96. The van der Waals surface area contributed by atoms with E-state index in [1.54, 1.807) is 12.5 Å². The molecule has 1 aliphatic rings. The van der Waals surface area contributed by atoms with Crippen LogP contribution < -0.4 is 11.3 Å². The van der Waals surface area contributed by atoms with Gasteiger partial charge in [-0.15, -0.1) is 0 Å². The van der Waals surface area contributed by atoms with Crippen molar-refractivity contribution in [3.05, 3.63) is 24.3 Å². The van der Waals surface area contributed by atoms with Crippen LogP contribution in [0.4, 0.5) is 0 Å². The molecule has 0 spiro atoms. The van der Waals surface area contributed by atoms with Crippen LogP contribution in [0.5, 0.6) is 0 Å². The van der Waals surface area contributed by atoms with E-state index >= 15 is 0 Å². The van der Waals surface area contributed by atoms with Gasteiger partial charge < -0.3 is 0 Å². The summed E-state index contributed by atoms with van der Waals surface area (Å²) in [5.74, 6) is 7.17. The molecular weight excluding hydrogens is 212 g/mol. The molecule has 17 heavy (non-hydrogen) atoms. The number of hydrazine groups is 1. The fourth-order valence-corrected chi connectivity index (χ4v) is 2.95. The third kappa shape index (κ3) is 3.01. The van der Waals surface area contributed by atoms with Gasteiger partial charge in [-0.1, -0.05) is 26.2 Å². The van der Waals surface area contributed by atoms with Crippen LogP contribution in [0.15, 0.2) is 18.6 Å². The molecule has 1 aliphatic carbocycles. The van der Waals surface area contributed by atoms with E-state index in [-0.39, 0.29) is 6.04 Å². The smallest absolute Gasteiger partial charge is 0.115 e. The lowest BCUT2D eigenvalue weighted by Crippen LogP contribution is -2.36. The van der Waals surface area contributed by atoms with Gasteiger partial charge in [0, 0.05) is 6.20 Å². The highest BCUT2D eigenvalue weighted by molar-refractivity contribution is 5.06. The normalized spacial score (nSPS) is 26.7. The monoisotopic (exact) mass is 234 g/mol. The van der Waals surface area contributed by atoms with Crippen molar-refractivity contribution in [1.29, 1.82) is 0 Å². The Morgan fingerprint density at radius 3 is 3.06 bits per heavy atom. The number of hydrogen-bond donors (Lipinski definition) is 2. The second-order valence-electron chi connectivity index (χ2n) is 4.98. The third-order valence-electron chi connectivity index (χ3n) is 3.98. The molecule has 94 valence electrons. The molecule has 1 aromatic rings. The molecule has 3 N–H and O–H groups in total. The minimum absolute atomic E-state index is 0.173. The van der Waals surface area contributed by atoms with Gasteiger partial charge in [0.15, 0.2) is 0 Å². The van der Waals surface area contributed by atoms with Crippen LogP contribution in [-0.2, 0) is 0 Å². The molecule has 4 heteroatoms. The van der Waals surface area contributed by atoms with E-state index < -0.39 is 0 Å². The van der Waals surface area contributed by atoms with Crippen molar-refractivity contribution in [3.8, 4) is 0 Å². The first-order valence-electron chi connectivity index (χ1n) is 6.57. The van der Waals surface area contributed by atoms with Gasteiger partial charge in [-0.2, -0.15) is 0 Å². The van der Waals surface area contributed by atoms with Gasteiger partial charge in [-0.25, -0.2) is 9.97 Å². The molecule has 0 saturated heterocycles. The average Bonchev–Trinajstić information content (AvgIpc) is 2.41. The molecule has 3 unspecified atom stereocenters. The first-order chi connectivity index (χ1) is 8.35. The van der Waals surface area contributed by atoms with Gasteiger partial charge in [-0.05, 0) is 30.7 Å². The van der Waals surface area contributed by atoms with Crippen molar-refractivity contribution in [1.82, 2.24) is 15.4 Å². The first-order valence-corrected chi connectivity index (χ1v) is 6.57. The minimum Gasteiger partial charge on any atom is -0.271 e.